The Labute approximate surface area is 249 Å². The van der Waals surface area contributed by atoms with Crippen LogP contribution in [0.4, 0.5) is 0 Å². The number of hydrogen-bond acceptors (Lipinski definition) is 6. The monoisotopic (exact) mass is 588 g/mol. The fraction of sp³-hybridized carbons (Fsp3) is 0.806. The predicted molar refractivity (Wildman–Crippen MR) is 156 cm³/mol. The average molecular weight is 589 g/mol. The standard InChI is InChI=1S/C31H50N5O6/c1-4-8-21(31(42,29(33)41)20-13-14-20)34-26(38)23-18-11-12-19(16-18)24(23)36-27(39)25(30(2,3)28(32)40)35-22(37)15-17-9-6-5-7-10-17/h15,17-21,23-25,42H,4-14,16H2,1-3H3,(H2,32,40)(H2,33,41)(H,34,38)(H,35,37)(H,36,39). The van der Waals surface area contributed by atoms with Gasteiger partial charge in [-0.2, -0.15) is 0 Å². The van der Waals surface area contributed by atoms with Crippen LogP contribution < -0.4 is 27.4 Å². The fourth-order valence-electron chi connectivity index (χ4n) is 7.68. The third-order valence-electron chi connectivity index (χ3n) is 10.5. The lowest BCUT2D eigenvalue weighted by molar-refractivity contribution is -0.145. The van der Waals surface area contributed by atoms with Crippen LogP contribution in [0.15, 0.2) is 0 Å². The quantitative estimate of drug-likeness (QED) is 0.176. The van der Waals surface area contributed by atoms with E-state index in [4.69, 9.17) is 11.5 Å². The van der Waals surface area contributed by atoms with E-state index >= 15 is 0 Å². The molecule has 4 fully saturated rings. The number of carbonyl (C=O) groups excluding carboxylic acids is 5. The van der Waals surface area contributed by atoms with Gasteiger partial charge in [0, 0.05) is 6.04 Å². The molecule has 4 rings (SSSR count). The van der Waals surface area contributed by atoms with Crippen LogP contribution in [0.3, 0.4) is 0 Å². The highest BCUT2D eigenvalue weighted by atomic mass is 16.3. The highest BCUT2D eigenvalue weighted by molar-refractivity contribution is 5.97. The molecule has 0 aromatic rings. The van der Waals surface area contributed by atoms with Crippen LogP contribution in [0.2, 0.25) is 0 Å². The van der Waals surface area contributed by atoms with Gasteiger partial charge in [0.1, 0.15) is 6.04 Å². The summed E-state index contributed by atoms with van der Waals surface area (Å²) >= 11 is 0. The van der Waals surface area contributed by atoms with Crippen molar-refractivity contribution in [3.63, 3.8) is 0 Å². The maximum atomic E-state index is 13.8. The Morgan fingerprint density at radius 3 is 2.12 bits per heavy atom. The lowest BCUT2D eigenvalue weighted by Gasteiger charge is -2.38. The van der Waals surface area contributed by atoms with Crippen LogP contribution in [0.5, 0.6) is 0 Å². The van der Waals surface area contributed by atoms with Crippen molar-refractivity contribution in [2.75, 3.05) is 0 Å². The molecule has 5 amide bonds. The van der Waals surface area contributed by atoms with Gasteiger partial charge in [0.2, 0.25) is 23.6 Å². The highest BCUT2D eigenvalue weighted by Gasteiger charge is 2.57. The van der Waals surface area contributed by atoms with Crippen LogP contribution in [0.25, 0.3) is 0 Å². The number of aliphatic hydroxyl groups is 1. The Hall–Kier alpha value is -2.69. The lowest BCUT2D eigenvalue weighted by Crippen LogP contribution is -2.64. The number of hydrogen-bond donors (Lipinski definition) is 6. The average Bonchev–Trinajstić information content (AvgIpc) is 3.60. The van der Waals surface area contributed by atoms with Gasteiger partial charge < -0.3 is 32.5 Å². The number of rotatable bonds is 14. The minimum Gasteiger partial charge on any atom is -0.378 e. The Balaban J connectivity index is 1.50. The van der Waals surface area contributed by atoms with Crippen LogP contribution in [-0.2, 0) is 24.0 Å². The first-order valence-corrected chi connectivity index (χ1v) is 15.9. The second-order valence-electron chi connectivity index (χ2n) is 13.8. The van der Waals surface area contributed by atoms with E-state index in [1.54, 1.807) is 6.42 Å². The molecule has 42 heavy (non-hydrogen) atoms. The molecule has 0 aromatic carbocycles. The van der Waals surface area contributed by atoms with E-state index in [-0.39, 0.29) is 29.6 Å². The van der Waals surface area contributed by atoms with E-state index in [0.717, 1.165) is 51.4 Å². The fourth-order valence-corrected chi connectivity index (χ4v) is 7.68. The first kappa shape index (κ1) is 32.2. The van der Waals surface area contributed by atoms with Crippen molar-refractivity contribution in [3.05, 3.63) is 6.42 Å². The van der Waals surface area contributed by atoms with Crippen molar-refractivity contribution in [2.45, 2.75) is 122 Å². The zero-order valence-corrected chi connectivity index (χ0v) is 25.3. The summed E-state index contributed by atoms with van der Waals surface area (Å²) in [4.78, 5) is 65.4. The van der Waals surface area contributed by atoms with Gasteiger partial charge in [-0.05, 0) is 88.9 Å². The van der Waals surface area contributed by atoms with Crippen molar-refractivity contribution in [3.8, 4) is 0 Å². The van der Waals surface area contributed by atoms with E-state index < -0.39 is 58.7 Å². The first-order valence-electron chi connectivity index (χ1n) is 15.9. The van der Waals surface area contributed by atoms with Crippen molar-refractivity contribution in [1.29, 1.82) is 0 Å². The van der Waals surface area contributed by atoms with Gasteiger partial charge in [-0.3, -0.25) is 24.0 Å². The zero-order chi connectivity index (χ0) is 30.8. The van der Waals surface area contributed by atoms with E-state index in [0.29, 0.717) is 25.7 Å². The summed E-state index contributed by atoms with van der Waals surface area (Å²) < 4.78 is 0. The highest BCUT2D eigenvalue weighted by Crippen LogP contribution is 2.49. The molecule has 7 unspecified atom stereocenters. The summed E-state index contributed by atoms with van der Waals surface area (Å²) in [6.45, 7) is 4.97. The molecule has 7 atom stereocenters. The number of primary amides is 2. The van der Waals surface area contributed by atoms with E-state index in [1.807, 2.05) is 6.92 Å². The normalized spacial score (nSPS) is 28.8. The topological polar surface area (TPSA) is 194 Å². The van der Waals surface area contributed by atoms with E-state index in [1.165, 1.54) is 13.8 Å². The Morgan fingerprint density at radius 1 is 0.905 bits per heavy atom. The molecule has 2 bridgehead atoms. The summed E-state index contributed by atoms with van der Waals surface area (Å²) in [5.74, 6) is -3.51. The molecule has 11 heteroatoms. The van der Waals surface area contributed by atoms with Gasteiger partial charge in [-0.15, -0.1) is 0 Å². The number of fused-ring (bicyclic) bond motifs is 2. The van der Waals surface area contributed by atoms with Gasteiger partial charge >= 0.3 is 0 Å². The molecule has 1 radical (unpaired) electrons. The summed E-state index contributed by atoms with van der Waals surface area (Å²) in [7, 11) is 0. The Morgan fingerprint density at radius 2 is 1.55 bits per heavy atom. The van der Waals surface area contributed by atoms with Gasteiger partial charge in [-0.25, -0.2) is 0 Å². The van der Waals surface area contributed by atoms with Gasteiger partial charge in [0.15, 0.2) is 5.60 Å². The van der Waals surface area contributed by atoms with Crippen molar-refractivity contribution in [1.82, 2.24) is 16.0 Å². The Kier molecular flexibility index (Phi) is 9.89. The second kappa shape index (κ2) is 12.9. The molecule has 0 aromatic heterocycles. The molecule has 0 saturated heterocycles. The van der Waals surface area contributed by atoms with Gasteiger partial charge in [0.25, 0.3) is 5.91 Å². The predicted octanol–water partition coefficient (Wildman–Crippen LogP) is 1.21. The maximum Gasteiger partial charge on any atom is 0.251 e. The van der Waals surface area contributed by atoms with Gasteiger partial charge in [-0.1, -0.05) is 32.6 Å². The molecular weight excluding hydrogens is 538 g/mol. The van der Waals surface area contributed by atoms with Crippen molar-refractivity contribution < 1.29 is 29.1 Å². The molecule has 4 saturated carbocycles. The molecule has 235 valence electrons. The molecule has 11 nitrogen and oxygen atoms in total. The van der Waals surface area contributed by atoms with E-state index in [2.05, 4.69) is 16.0 Å². The minimum absolute atomic E-state index is 0.0296. The van der Waals surface area contributed by atoms with Crippen LogP contribution in [-0.4, -0.2) is 58.4 Å². The molecule has 0 heterocycles. The maximum absolute atomic E-state index is 13.8. The number of carbonyl (C=O) groups is 5. The van der Waals surface area contributed by atoms with Crippen LogP contribution >= 0.6 is 0 Å². The summed E-state index contributed by atoms with van der Waals surface area (Å²) in [5.41, 5.74) is 8.13. The summed E-state index contributed by atoms with van der Waals surface area (Å²) in [6.07, 6.45) is 11.5. The van der Waals surface area contributed by atoms with E-state index in [9.17, 15) is 29.1 Å². The molecule has 0 aliphatic heterocycles. The molecule has 0 spiro atoms. The SMILES string of the molecule is CCCC(NC(=O)C1C2CCC(C2)C1NC(=O)C(NC(=O)[CH]C1CCCCC1)C(C)(C)C(N)=O)C(O)(C(N)=O)C1CC1. The third-order valence-corrected chi connectivity index (χ3v) is 10.5. The summed E-state index contributed by atoms with van der Waals surface area (Å²) in [5, 5.41) is 20.1. The largest absolute Gasteiger partial charge is 0.378 e. The van der Waals surface area contributed by atoms with Gasteiger partial charge in [0.05, 0.1) is 23.8 Å². The second-order valence-corrected chi connectivity index (χ2v) is 13.8. The number of nitrogens with one attached hydrogen (secondary N) is 3. The zero-order valence-electron chi connectivity index (χ0n) is 25.3. The number of nitrogens with two attached hydrogens (primary N) is 2. The molecule has 8 N–H and O–H groups in total. The van der Waals surface area contributed by atoms with Crippen molar-refractivity contribution in [2.24, 2.45) is 46.5 Å². The smallest absolute Gasteiger partial charge is 0.251 e. The third kappa shape index (κ3) is 6.60. The summed E-state index contributed by atoms with van der Waals surface area (Å²) in [6, 6.07) is -2.58. The Bertz CT molecular complexity index is 1050. The minimum atomic E-state index is -1.82. The number of amides is 5. The van der Waals surface area contributed by atoms with Crippen LogP contribution in [0, 0.1) is 41.4 Å². The molecular formula is C31H50N5O6. The lowest BCUT2D eigenvalue weighted by atomic mass is 9.80. The molecule has 4 aliphatic carbocycles. The van der Waals surface area contributed by atoms with Crippen molar-refractivity contribution >= 4 is 29.5 Å². The first-order chi connectivity index (χ1) is 19.8. The van der Waals surface area contributed by atoms with Crippen LogP contribution in [0.1, 0.15) is 97.8 Å². The molecule has 4 aliphatic rings.